The fraction of sp³-hybridized carbons (Fsp3) is 0.636. The zero-order valence-electron chi connectivity index (χ0n) is 17.1. The van der Waals surface area contributed by atoms with Gasteiger partial charge in [-0.1, -0.05) is 30.3 Å². The van der Waals surface area contributed by atoms with Gasteiger partial charge < -0.3 is 16.0 Å². The maximum Gasteiger partial charge on any atom is 0.220 e. The zero-order valence-corrected chi connectivity index (χ0v) is 17.1. The number of carbonyl (C=O) groups is 1. The smallest absolute Gasteiger partial charge is 0.220 e. The van der Waals surface area contributed by atoms with Crippen molar-refractivity contribution in [1.82, 2.24) is 20.9 Å². The number of amides is 1. The number of hydrogen-bond acceptors (Lipinski definition) is 3. The molecule has 3 N–H and O–H groups in total. The molecule has 1 aliphatic heterocycles. The van der Waals surface area contributed by atoms with E-state index >= 15 is 0 Å². The summed E-state index contributed by atoms with van der Waals surface area (Å²) in [6, 6.07) is 11.6. The summed E-state index contributed by atoms with van der Waals surface area (Å²) in [6.07, 6.45) is 5.90. The molecule has 0 unspecified atom stereocenters. The van der Waals surface area contributed by atoms with Crippen molar-refractivity contribution in [1.29, 1.82) is 0 Å². The predicted molar refractivity (Wildman–Crippen MR) is 114 cm³/mol. The molecule has 1 aliphatic carbocycles. The SMILES string of the molecule is CCNC(=NCCCC(=O)NC1CC1)NC1CCN(Cc2ccccc2)CC1. The minimum Gasteiger partial charge on any atom is -0.357 e. The molecule has 28 heavy (non-hydrogen) atoms. The summed E-state index contributed by atoms with van der Waals surface area (Å²) in [5.41, 5.74) is 1.38. The van der Waals surface area contributed by atoms with Crippen LogP contribution in [0.1, 0.15) is 51.0 Å². The topological polar surface area (TPSA) is 68.8 Å². The highest BCUT2D eigenvalue weighted by molar-refractivity contribution is 5.80. The van der Waals surface area contributed by atoms with Crippen LogP contribution in [-0.2, 0) is 11.3 Å². The van der Waals surface area contributed by atoms with Crippen molar-refractivity contribution in [2.24, 2.45) is 4.99 Å². The van der Waals surface area contributed by atoms with Crippen LogP contribution in [0.25, 0.3) is 0 Å². The second-order valence-corrected chi connectivity index (χ2v) is 7.89. The van der Waals surface area contributed by atoms with Crippen LogP contribution >= 0.6 is 0 Å². The average molecular weight is 386 g/mol. The van der Waals surface area contributed by atoms with Crippen LogP contribution < -0.4 is 16.0 Å². The fourth-order valence-electron chi connectivity index (χ4n) is 3.55. The molecule has 0 radical (unpaired) electrons. The molecule has 2 fully saturated rings. The molecule has 0 aromatic heterocycles. The third kappa shape index (κ3) is 7.50. The van der Waals surface area contributed by atoms with Crippen molar-refractivity contribution in [3.05, 3.63) is 35.9 Å². The van der Waals surface area contributed by atoms with Gasteiger partial charge in [-0.05, 0) is 44.6 Å². The largest absolute Gasteiger partial charge is 0.357 e. The molecule has 1 amide bonds. The van der Waals surface area contributed by atoms with Crippen molar-refractivity contribution in [2.45, 2.75) is 64.1 Å². The first-order valence-electron chi connectivity index (χ1n) is 10.8. The maximum atomic E-state index is 11.7. The molecule has 154 valence electrons. The lowest BCUT2D eigenvalue weighted by atomic mass is 10.0. The Kier molecular flexibility index (Phi) is 8.15. The van der Waals surface area contributed by atoms with Gasteiger partial charge in [0.25, 0.3) is 0 Å². The van der Waals surface area contributed by atoms with Gasteiger partial charge >= 0.3 is 0 Å². The van der Waals surface area contributed by atoms with Crippen LogP contribution in [0, 0.1) is 0 Å². The number of hydrogen-bond donors (Lipinski definition) is 3. The zero-order chi connectivity index (χ0) is 19.6. The van der Waals surface area contributed by atoms with E-state index in [1.165, 1.54) is 5.56 Å². The molecular weight excluding hydrogens is 350 g/mol. The molecule has 2 aliphatic rings. The van der Waals surface area contributed by atoms with Gasteiger partial charge in [-0.3, -0.25) is 14.7 Å². The van der Waals surface area contributed by atoms with E-state index in [0.717, 1.165) is 64.2 Å². The van der Waals surface area contributed by atoms with E-state index in [2.05, 4.69) is 63.1 Å². The molecule has 1 heterocycles. The maximum absolute atomic E-state index is 11.7. The van der Waals surface area contributed by atoms with Gasteiger partial charge in [-0.15, -0.1) is 0 Å². The highest BCUT2D eigenvalue weighted by Gasteiger charge is 2.23. The molecule has 6 heteroatoms. The number of carbonyl (C=O) groups excluding carboxylic acids is 1. The van der Waals surface area contributed by atoms with Gasteiger partial charge in [0.15, 0.2) is 5.96 Å². The van der Waals surface area contributed by atoms with Crippen molar-refractivity contribution >= 4 is 11.9 Å². The summed E-state index contributed by atoms with van der Waals surface area (Å²) in [5.74, 6) is 1.05. The Morgan fingerprint density at radius 2 is 1.79 bits per heavy atom. The minimum absolute atomic E-state index is 0.168. The van der Waals surface area contributed by atoms with Gasteiger partial charge in [0.05, 0.1) is 0 Å². The Balaban J connectivity index is 1.35. The number of piperidine rings is 1. The van der Waals surface area contributed by atoms with E-state index in [9.17, 15) is 4.79 Å². The normalized spacial score (nSPS) is 18.7. The third-order valence-corrected chi connectivity index (χ3v) is 5.30. The van der Waals surface area contributed by atoms with Crippen LogP contribution in [0.15, 0.2) is 35.3 Å². The van der Waals surface area contributed by atoms with E-state index in [-0.39, 0.29) is 5.91 Å². The summed E-state index contributed by atoms with van der Waals surface area (Å²) in [6.45, 7) is 6.86. The van der Waals surface area contributed by atoms with E-state index < -0.39 is 0 Å². The Labute approximate surface area is 169 Å². The Morgan fingerprint density at radius 1 is 1.07 bits per heavy atom. The monoisotopic (exact) mass is 385 g/mol. The lowest BCUT2D eigenvalue weighted by molar-refractivity contribution is -0.121. The Hall–Kier alpha value is -2.08. The van der Waals surface area contributed by atoms with E-state index in [1.807, 2.05) is 0 Å². The van der Waals surface area contributed by atoms with Crippen LogP contribution in [0.2, 0.25) is 0 Å². The number of aliphatic imine (C=N–C) groups is 1. The number of guanidine groups is 1. The first kappa shape index (κ1) is 20.6. The third-order valence-electron chi connectivity index (χ3n) is 5.30. The number of nitrogens with zero attached hydrogens (tertiary/aromatic N) is 2. The molecule has 1 aromatic rings. The summed E-state index contributed by atoms with van der Waals surface area (Å²) in [7, 11) is 0. The van der Waals surface area contributed by atoms with Crippen molar-refractivity contribution in [3.8, 4) is 0 Å². The Morgan fingerprint density at radius 3 is 2.46 bits per heavy atom. The van der Waals surface area contributed by atoms with E-state index in [4.69, 9.17) is 0 Å². The number of likely N-dealkylation sites (tertiary alicyclic amines) is 1. The average Bonchev–Trinajstić information content (AvgIpc) is 3.51. The molecule has 1 aromatic carbocycles. The number of rotatable bonds is 9. The van der Waals surface area contributed by atoms with Gasteiger partial charge in [0.1, 0.15) is 0 Å². The molecule has 6 nitrogen and oxygen atoms in total. The summed E-state index contributed by atoms with van der Waals surface area (Å²) >= 11 is 0. The van der Waals surface area contributed by atoms with Gasteiger partial charge in [0.2, 0.25) is 5.91 Å². The number of benzene rings is 1. The fourth-order valence-corrected chi connectivity index (χ4v) is 3.55. The van der Waals surface area contributed by atoms with Gasteiger partial charge in [-0.25, -0.2) is 0 Å². The van der Waals surface area contributed by atoms with Crippen LogP contribution in [-0.4, -0.2) is 55.0 Å². The van der Waals surface area contributed by atoms with Crippen LogP contribution in [0.4, 0.5) is 0 Å². The lowest BCUT2D eigenvalue weighted by Crippen LogP contribution is -2.48. The molecule has 0 spiro atoms. The second-order valence-electron chi connectivity index (χ2n) is 7.89. The molecule has 0 atom stereocenters. The van der Waals surface area contributed by atoms with Crippen LogP contribution in [0.3, 0.4) is 0 Å². The first-order valence-corrected chi connectivity index (χ1v) is 10.8. The second kappa shape index (κ2) is 11.1. The van der Waals surface area contributed by atoms with Crippen LogP contribution in [0.5, 0.6) is 0 Å². The molecule has 3 rings (SSSR count). The summed E-state index contributed by atoms with van der Waals surface area (Å²) < 4.78 is 0. The number of nitrogens with one attached hydrogen (secondary N) is 3. The quantitative estimate of drug-likeness (QED) is 0.347. The van der Waals surface area contributed by atoms with E-state index in [0.29, 0.717) is 25.0 Å². The highest BCUT2D eigenvalue weighted by atomic mass is 16.1. The molecule has 1 saturated carbocycles. The minimum atomic E-state index is 0.168. The molecular formula is C22H35N5O. The van der Waals surface area contributed by atoms with Crippen molar-refractivity contribution in [3.63, 3.8) is 0 Å². The highest BCUT2D eigenvalue weighted by Crippen LogP contribution is 2.18. The molecule has 1 saturated heterocycles. The standard InChI is InChI=1S/C22H35N5O/c1-2-23-22(24-14-6-9-21(28)25-19-10-11-19)26-20-12-15-27(16-13-20)17-18-7-4-3-5-8-18/h3-5,7-8,19-20H,2,6,9-17H2,1H3,(H,25,28)(H2,23,24,26). The van der Waals surface area contributed by atoms with Crippen molar-refractivity contribution < 1.29 is 4.79 Å². The van der Waals surface area contributed by atoms with E-state index in [1.54, 1.807) is 0 Å². The van der Waals surface area contributed by atoms with Gasteiger partial charge in [0, 0.05) is 51.2 Å². The first-order chi connectivity index (χ1) is 13.7. The van der Waals surface area contributed by atoms with Crippen molar-refractivity contribution in [2.75, 3.05) is 26.2 Å². The lowest BCUT2D eigenvalue weighted by Gasteiger charge is -2.33. The van der Waals surface area contributed by atoms with Gasteiger partial charge in [-0.2, -0.15) is 0 Å². The predicted octanol–water partition coefficient (Wildman–Crippen LogP) is 2.26. The Bertz CT molecular complexity index is 621. The summed E-state index contributed by atoms with van der Waals surface area (Å²) in [5, 5.41) is 9.95. The molecule has 0 bridgehead atoms. The summed E-state index contributed by atoms with van der Waals surface area (Å²) in [4.78, 5) is 18.9.